The van der Waals surface area contributed by atoms with Gasteiger partial charge in [0.05, 0.1) is 0 Å². The Hall–Kier alpha value is -1.84. The quantitative estimate of drug-likeness (QED) is 0.878. The number of aryl methyl sites for hydroxylation is 1. The molecule has 0 bridgehead atoms. The lowest BCUT2D eigenvalue weighted by molar-refractivity contribution is -0.133. The lowest BCUT2D eigenvalue weighted by atomic mass is 10.0. The Kier molecular flexibility index (Phi) is 5.99. The van der Waals surface area contributed by atoms with Crippen LogP contribution in [-0.2, 0) is 16.1 Å². The van der Waals surface area contributed by atoms with E-state index in [1.54, 1.807) is 0 Å². The summed E-state index contributed by atoms with van der Waals surface area (Å²) in [5, 5.41) is 2.97. The van der Waals surface area contributed by atoms with Crippen molar-refractivity contribution in [2.24, 2.45) is 0 Å². The summed E-state index contributed by atoms with van der Waals surface area (Å²) in [7, 11) is 0. The molecule has 0 spiro atoms. The molecule has 0 aromatic heterocycles. The van der Waals surface area contributed by atoms with Gasteiger partial charge in [-0.1, -0.05) is 18.2 Å². The van der Waals surface area contributed by atoms with Crippen molar-refractivity contribution < 1.29 is 9.59 Å². The lowest BCUT2D eigenvalue weighted by Crippen LogP contribution is -2.36. The highest BCUT2D eigenvalue weighted by Gasteiger charge is 2.17. The molecule has 1 aromatic rings. The van der Waals surface area contributed by atoms with Crippen LogP contribution in [0.25, 0.3) is 0 Å². The minimum atomic E-state index is 0.0605. The summed E-state index contributed by atoms with van der Waals surface area (Å²) in [5.74, 6) is 0.299. The number of hydrogen-bond acceptors (Lipinski definition) is 2. The average molecular weight is 302 g/mol. The first-order chi connectivity index (χ1) is 10.6. The summed E-state index contributed by atoms with van der Waals surface area (Å²) in [6.07, 6.45) is 3.98. The van der Waals surface area contributed by atoms with Gasteiger partial charge in [-0.2, -0.15) is 0 Å². The molecule has 1 aromatic carbocycles. The van der Waals surface area contributed by atoms with E-state index in [9.17, 15) is 9.59 Å². The molecule has 1 aliphatic heterocycles. The molecule has 0 saturated carbocycles. The molecule has 0 atom stereocenters. The molecule has 120 valence electrons. The maximum atomic E-state index is 11.9. The molecule has 1 aliphatic rings. The fourth-order valence-corrected chi connectivity index (χ4v) is 2.81. The van der Waals surface area contributed by atoms with Crippen LogP contribution < -0.4 is 5.32 Å². The maximum absolute atomic E-state index is 11.9. The van der Waals surface area contributed by atoms with Crippen molar-refractivity contribution in [1.82, 2.24) is 10.2 Å². The van der Waals surface area contributed by atoms with Crippen molar-refractivity contribution in [3.8, 4) is 0 Å². The van der Waals surface area contributed by atoms with Gasteiger partial charge >= 0.3 is 0 Å². The van der Waals surface area contributed by atoms with E-state index in [1.165, 1.54) is 16.7 Å². The Labute approximate surface area is 132 Å². The molecule has 4 nitrogen and oxygen atoms in total. The van der Waals surface area contributed by atoms with E-state index in [1.807, 2.05) is 11.0 Å². The number of nitrogens with one attached hydrogen (secondary N) is 1. The van der Waals surface area contributed by atoms with Crippen molar-refractivity contribution >= 4 is 11.8 Å². The predicted octanol–water partition coefficient (Wildman–Crippen LogP) is 2.71. The average Bonchev–Trinajstić information content (AvgIpc) is 2.51. The Balaban J connectivity index is 1.69. The first-order valence-electron chi connectivity index (χ1n) is 8.17. The standard InChI is InChI=1S/C18H26N2O2/c1-14-7-5-8-16(15(14)2)13-19-17(21)9-6-12-20-11-4-3-10-18(20)22/h5,7-8H,3-4,6,9-13H2,1-2H3,(H,19,21). The van der Waals surface area contributed by atoms with Gasteiger partial charge in [0.15, 0.2) is 0 Å². The zero-order valence-electron chi connectivity index (χ0n) is 13.7. The molecule has 0 radical (unpaired) electrons. The largest absolute Gasteiger partial charge is 0.352 e. The van der Waals surface area contributed by atoms with Gasteiger partial charge in [0.25, 0.3) is 0 Å². The molecule has 1 heterocycles. The van der Waals surface area contributed by atoms with Crippen molar-refractivity contribution in [2.45, 2.75) is 52.5 Å². The highest BCUT2D eigenvalue weighted by atomic mass is 16.2. The summed E-state index contributed by atoms with van der Waals surface area (Å²) in [5.41, 5.74) is 3.65. The lowest BCUT2D eigenvalue weighted by Gasteiger charge is -2.26. The molecule has 0 aliphatic carbocycles. The molecule has 2 rings (SSSR count). The zero-order chi connectivity index (χ0) is 15.9. The number of piperidine rings is 1. The second-order valence-corrected chi connectivity index (χ2v) is 6.08. The van der Waals surface area contributed by atoms with Crippen LogP contribution in [0.2, 0.25) is 0 Å². The zero-order valence-corrected chi connectivity index (χ0v) is 13.7. The maximum Gasteiger partial charge on any atom is 0.222 e. The van der Waals surface area contributed by atoms with Crippen molar-refractivity contribution in [2.75, 3.05) is 13.1 Å². The van der Waals surface area contributed by atoms with E-state index < -0.39 is 0 Å². The molecule has 22 heavy (non-hydrogen) atoms. The smallest absolute Gasteiger partial charge is 0.222 e. The van der Waals surface area contributed by atoms with Crippen molar-refractivity contribution in [3.05, 3.63) is 34.9 Å². The van der Waals surface area contributed by atoms with Crippen LogP contribution in [0.1, 0.15) is 48.8 Å². The second kappa shape index (κ2) is 7.97. The highest BCUT2D eigenvalue weighted by molar-refractivity contribution is 5.77. The Morgan fingerprint density at radius 2 is 2.09 bits per heavy atom. The van der Waals surface area contributed by atoms with E-state index in [0.29, 0.717) is 25.9 Å². The molecular weight excluding hydrogens is 276 g/mol. The van der Waals surface area contributed by atoms with Gasteiger partial charge < -0.3 is 10.2 Å². The van der Waals surface area contributed by atoms with Crippen molar-refractivity contribution in [3.63, 3.8) is 0 Å². The van der Waals surface area contributed by atoms with Crippen LogP contribution in [-0.4, -0.2) is 29.8 Å². The third-order valence-electron chi connectivity index (χ3n) is 4.45. The van der Waals surface area contributed by atoms with E-state index in [4.69, 9.17) is 0 Å². The molecule has 2 amide bonds. The van der Waals surface area contributed by atoms with Crippen LogP contribution >= 0.6 is 0 Å². The minimum absolute atomic E-state index is 0.0605. The number of benzene rings is 1. The highest BCUT2D eigenvalue weighted by Crippen LogP contribution is 2.13. The Morgan fingerprint density at radius 3 is 2.86 bits per heavy atom. The van der Waals surface area contributed by atoms with Gasteiger partial charge in [-0.05, 0) is 49.8 Å². The van der Waals surface area contributed by atoms with E-state index >= 15 is 0 Å². The number of hydrogen-bond donors (Lipinski definition) is 1. The third-order valence-corrected chi connectivity index (χ3v) is 4.45. The molecule has 1 N–H and O–H groups in total. The number of likely N-dealkylation sites (tertiary alicyclic amines) is 1. The fourth-order valence-electron chi connectivity index (χ4n) is 2.81. The SMILES string of the molecule is Cc1cccc(CNC(=O)CCCN2CCCCC2=O)c1C. The van der Waals surface area contributed by atoms with Crippen LogP contribution in [0.5, 0.6) is 0 Å². The molecule has 1 fully saturated rings. The number of carbonyl (C=O) groups is 2. The molecule has 0 unspecified atom stereocenters. The summed E-state index contributed by atoms with van der Waals surface area (Å²) >= 11 is 0. The fraction of sp³-hybridized carbons (Fsp3) is 0.556. The number of amides is 2. The van der Waals surface area contributed by atoms with Gasteiger partial charge in [0.2, 0.25) is 11.8 Å². The van der Waals surface area contributed by atoms with Gasteiger partial charge in [0.1, 0.15) is 0 Å². The topological polar surface area (TPSA) is 49.4 Å². The van der Waals surface area contributed by atoms with Crippen LogP contribution in [0.3, 0.4) is 0 Å². The normalized spacial score (nSPS) is 15.0. The molecule has 4 heteroatoms. The Morgan fingerprint density at radius 1 is 1.27 bits per heavy atom. The number of carbonyl (C=O) groups excluding carboxylic acids is 2. The second-order valence-electron chi connectivity index (χ2n) is 6.08. The van der Waals surface area contributed by atoms with Crippen LogP contribution in [0.15, 0.2) is 18.2 Å². The van der Waals surface area contributed by atoms with E-state index in [-0.39, 0.29) is 11.8 Å². The predicted molar refractivity (Wildman–Crippen MR) is 87.4 cm³/mol. The van der Waals surface area contributed by atoms with Gasteiger partial charge in [-0.3, -0.25) is 9.59 Å². The monoisotopic (exact) mass is 302 g/mol. The summed E-state index contributed by atoms with van der Waals surface area (Å²) < 4.78 is 0. The summed E-state index contributed by atoms with van der Waals surface area (Å²) in [6.45, 7) is 6.29. The molecule has 1 saturated heterocycles. The molecular formula is C18H26N2O2. The minimum Gasteiger partial charge on any atom is -0.352 e. The van der Waals surface area contributed by atoms with Gasteiger partial charge in [0, 0.05) is 32.5 Å². The van der Waals surface area contributed by atoms with Crippen LogP contribution in [0, 0.1) is 13.8 Å². The number of rotatable bonds is 6. The summed E-state index contributed by atoms with van der Waals surface area (Å²) in [4.78, 5) is 25.5. The summed E-state index contributed by atoms with van der Waals surface area (Å²) in [6, 6.07) is 6.15. The van der Waals surface area contributed by atoms with Gasteiger partial charge in [-0.15, -0.1) is 0 Å². The van der Waals surface area contributed by atoms with E-state index in [2.05, 4.69) is 31.3 Å². The Bertz CT molecular complexity index is 540. The number of nitrogens with zero attached hydrogens (tertiary/aromatic N) is 1. The van der Waals surface area contributed by atoms with E-state index in [0.717, 1.165) is 25.8 Å². The van der Waals surface area contributed by atoms with Gasteiger partial charge in [-0.25, -0.2) is 0 Å². The first kappa shape index (κ1) is 16.5. The first-order valence-corrected chi connectivity index (χ1v) is 8.17. The van der Waals surface area contributed by atoms with Crippen LogP contribution in [0.4, 0.5) is 0 Å². The third kappa shape index (κ3) is 4.58. The van der Waals surface area contributed by atoms with Crippen molar-refractivity contribution in [1.29, 1.82) is 0 Å².